The summed E-state index contributed by atoms with van der Waals surface area (Å²) in [7, 11) is 0. The molecule has 348 valence electrons. The third kappa shape index (κ3) is 47.1. The van der Waals surface area contributed by atoms with Gasteiger partial charge in [0.2, 0.25) is 0 Å². The van der Waals surface area contributed by atoms with Crippen molar-refractivity contribution in [1.82, 2.24) is 0 Å². The van der Waals surface area contributed by atoms with Crippen LogP contribution in [0.2, 0.25) is 0 Å². The van der Waals surface area contributed by atoms with Crippen LogP contribution in [0, 0.1) is 0 Å². The summed E-state index contributed by atoms with van der Waals surface area (Å²) in [5, 5.41) is 0. The van der Waals surface area contributed by atoms with Crippen LogP contribution in [-0.4, -0.2) is 37.2 Å². The summed E-state index contributed by atoms with van der Waals surface area (Å²) in [5.41, 5.74) is 0. The van der Waals surface area contributed by atoms with E-state index < -0.39 is 6.10 Å². The monoisotopic (exact) mass is 833 g/mol. The van der Waals surface area contributed by atoms with E-state index in [2.05, 4.69) is 32.9 Å². The second-order valence-corrected chi connectivity index (χ2v) is 17.8. The molecule has 0 radical (unpaired) electrons. The van der Waals surface area contributed by atoms with Gasteiger partial charge < -0.3 is 14.2 Å². The Morgan fingerprint density at radius 2 is 0.559 bits per heavy atom. The number of carbonyl (C=O) groups is 3. The van der Waals surface area contributed by atoms with E-state index in [4.69, 9.17) is 14.2 Å². The van der Waals surface area contributed by atoms with E-state index in [0.29, 0.717) is 19.3 Å². The predicted molar refractivity (Wildman–Crippen MR) is 252 cm³/mol. The fourth-order valence-electron chi connectivity index (χ4n) is 7.79. The van der Waals surface area contributed by atoms with Gasteiger partial charge in [0.25, 0.3) is 0 Å². The molecule has 0 fully saturated rings. The van der Waals surface area contributed by atoms with Crippen molar-refractivity contribution in [3.05, 3.63) is 12.2 Å². The molecule has 0 unspecified atom stereocenters. The molecule has 0 saturated carbocycles. The molecule has 0 aromatic carbocycles. The molecule has 0 aliphatic heterocycles. The van der Waals surface area contributed by atoms with Gasteiger partial charge >= 0.3 is 17.9 Å². The smallest absolute Gasteiger partial charge is 0.306 e. The lowest BCUT2D eigenvalue weighted by Crippen LogP contribution is -2.30. The zero-order valence-corrected chi connectivity index (χ0v) is 39.8. The molecule has 0 spiro atoms. The average molecular weight is 833 g/mol. The fourth-order valence-corrected chi connectivity index (χ4v) is 7.79. The van der Waals surface area contributed by atoms with Crippen molar-refractivity contribution >= 4 is 17.9 Å². The Balaban J connectivity index is 4.32. The quantitative estimate of drug-likeness (QED) is 0.0263. The fraction of sp³-hybridized carbons (Fsp3) is 0.906. The van der Waals surface area contributed by atoms with Crippen molar-refractivity contribution in [2.24, 2.45) is 0 Å². The SMILES string of the molecule is CCCCCCCC/C=C\CCCCCCCCCC(=O)OC(COC(=O)CCCCCCCCCCCCCC)COC(=O)CCCCCCCCCCCCCC. The van der Waals surface area contributed by atoms with Gasteiger partial charge in [-0.25, -0.2) is 0 Å². The van der Waals surface area contributed by atoms with Gasteiger partial charge in [0.1, 0.15) is 13.2 Å². The van der Waals surface area contributed by atoms with Gasteiger partial charge in [0, 0.05) is 19.3 Å². The van der Waals surface area contributed by atoms with Gasteiger partial charge in [-0.3, -0.25) is 14.4 Å². The molecular weight excluding hydrogens is 733 g/mol. The Bertz CT molecular complexity index is 872. The van der Waals surface area contributed by atoms with Crippen molar-refractivity contribution in [3.63, 3.8) is 0 Å². The van der Waals surface area contributed by atoms with Crippen LogP contribution in [0.3, 0.4) is 0 Å². The third-order valence-corrected chi connectivity index (χ3v) is 11.8. The van der Waals surface area contributed by atoms with Crippen LogP contribution in [0.1, 0.15) is 290 Å². The Kier molecular flexibility index (Phi) is 47.3. The lowest BCUT2D eigenvalue weighted by Gasteiger charge is -2.18. The third-order valence-electron chi connectivity index (χ3n) is 11.8. The summed E-state index contributed by atoms with van der Waals surface area (Å²) < 4.78 is 16.8. The van der Waals surface area contributed by atoms with Crippen LogP contribution in [0.4, 0.5) is 0 Å². The molecule has 0 aromatic heterocycles. The predicted octanol–water partition coefficient (Wildman–Crippen LogP) is 17.0. The number of rotatable bonds is 48. The topological polar surface area (TPSA) is 78.9 Å². The van der Waals surface area contributed by atoms with Crippen molar-refractivity contribution in [1.29, 1.82) is 0 Å². The molecule has 0 aliphatic rings. The number of esters is 3. The zero-order chi connectivity index (χ0) is 43.0. The van der Waals surface area contributed by atoms with Crippen LogP contribution >= 0.6 is 0 Å². The standard InChI is InChI=1S/C53H100O6/c1-4-7-10-13-16-19-22-25-26-27-28-29-32-35-38-41-44-47-53(56)59-50(48-57-51(54)45-42-39-36-33-30-23-20-17-14-11-8-5-2)49-58-52(55)46-43-40-37-34-31-24-21-18-15-12-9-6-3/h25-26,50H,4-24,27-49H2,1-3H3/b26-25-. The number of allylic oxidation sites excluding steroid dienone is 2. The Hall–Kier alpha value is -1.85. The maximum Gasteiger partial charge on any atom is 0.306 e. The highest BCUT2D eigenvalue weighted by atomic mass is 16.6. The van der Waals surface area contributed by atoms with E-state index in [1.165, 1.54) is 193 Å². The molecule has 0 amide bonds. The van der Waals surface area contributed by atoms with Gasteiger partial charge in [-0.2, -0.15) is 0 Å². The van der Waals surface area contributed by atoms with E-state index >= 15 is 0 Å². The molecule has 0 aromatic rings. The minimum Gasteiger partial charge on any atom is -0.462 e. The first-order chi connectivity index (χ1) is 29.0. The number of hydrogen-bond donors (Lipinski definition) is 0. The molecule has 0 rings (SSSR count). The van der Waals surface area contributed by atoms with Gasteiger partial charge in [-0.15, -0.1) is 0 Å². The maximum absolute atomic E-state index is 12.8. The highest BCUT2D eigenvalue weighted by molar-refractivity contribution is 5.71. The summed E-state index contributed by atoms with van der Waals surface area (Å²) in [5.74, 6) is -0.855. The summed E-state index contributed by atoms with van der Waals surface area (Å²) >= 11 is 0. The Morgan fingerprint density at radius 3 is 0.847 bits per heavy atom. The largest absolute Gasteiger partial charge is 0.462 e. The minimum absolute atomic E-state index is 0.0665. The normalized spacial score (nSPS) is 11.5. The van der Waals surface area contributed by atoms with Gasteiger partial charge in [-0.05, 0) is 44.9 Å². The first-order valence-electron chi connectivity index (χ1n) is 26.2. The number of carbonyl (C=O) groups excluding carboxylic acids is 3. The summed E-state index contributed by atoms with van der Waals surface area (Å²) in [6, 6.07) is 0. The van der Waals surface area contributed by atoms with E-state index in [9.17, 15) is 14.4 Å². The number of unbranched alkanes of at least 4 members (excludes halogenated alkanes) is 35. The maximum atomic E-state index is 12.8. The second-order valence-electron chi connectivity index (χ2n) is 17.8. The lowest BCUT2D eigenvalue weighted by molar-refractivity contribution is -0.167. The molecule has 0 atom stereocenters. The minimum atomic E-state index is -0.765. The van der Waals surface area contributed by atoms with Crippen LogP contribution in [0.15, 0.2) is 12.2 Å². The number of hydrogen-bond acceptors (Lipinski definition) is 6. The van der Waals surface area contributed by atoms with Crippen LogP contribution in [0.5, 0.6) is 0 Å². The van der Waals surface area contributed by atoms with Crippen molar-refractivity contribution in [2.75, 3.05) is 13.2 Å². The van der Waals surface area contributed by atoms with E-state index in [1.807, 2.05) is 0 Å². The van der Waals surface area contributed by atoms with E-state index in [-0.39, 0.29) is 31.1 Å². The molecule has 6 nitrogen and oxygen atoms in total. The van der Waals surface area contributed by atoms with Crippen molar-refractivity contribution in [2.45, 2.75) is 297 Å². The Labute approximate surface area is 367 Å². The molecule has 6 heteroatoms. The molecule has 0 saturated heterocycles. The molecular formula is C53H100O6. The molecule has 0 N–H and O–H groups in total. The Morgan fingerprint density at radius 1 is 0.322 bits per heavy atom. The lowest BCUT2D eigenvalue weighted by atomic mass is 10.0. The molecule has 0 heterocycles. The number of ether oxygens (including phenoxy) is 3. The summed E-state index contributed by atoms with van der Waals surface area (Å²) in [6.07, 6.45) is 53.3. The first kappa shape index (κ1) is 57.1. The summed E-state index contributed by atoms with van der Waals surface area (Å²) in [4.78, 5) is 37.9. The second kappa shape index (κ2) is 48.8. The van der Waals surface area contributed by atoms with Crippen LogP contribution < -0.4 is 0 Å². The van der Waals surface area contributed by atoms with Crippen LogP contribution in [0.25, 0.3) is 0 Å². The molecule has 0 aliphatic carbocycles. The van der Waals surface area contributed by atoms with E-state index in [0.717, 1.165) is 57.8 Å². The average Bonchev–Trinajstić information content (AvgIpc) is 3.23. The van der Waals surface area contributed by atoms with Crippen molar-refractivity contribution in [3.8, 4) is 0 Å². The highest BCUT2D eigenvalue weighted by Crippen LogP contribution is 2.16. The zero-order valence-electron chi connectivity index (χ0n) is 39.8. The van der Waals surface area contributed by atoms with Gasteiger partial charge in [0.05, 0.1) is 0 Å². The summed E-state index contributed by atoms with van der Waals surface area (Å²) in [6.45, 7) is 6.66. The van der Waals surface area contributed by atoms with Crippen molar-refractivity contribution < 1.29 is 28.6 Å². The van der Waals surface area contributed by atoms with E-state index in [1.54, 1.807) is 0 Å². The first-order valence-corrected chi connectivity index (χ1v) is 26.2. The van der Waals surface area contributed by atoms with Gasteiger partial charge in [-0.1, -0.05) is 238 Å². The molecule has 59 heavy (non-hydrogen) atoms. The van der Waals surface area contributed by atoms with Gasteiger partial charge in [0.15, 0.2) is 6.10 Å². The highest BCUT2D eigenvalue weighted by Gasteiger charge is 2.19. The molecule has 0 bridgehead atoms. The van der Waals surface area contributed by atoms with Crippen LogP contribution in [-0.2, 0) is 28.6 Å².